The number of hydrogen-bond acceptors (Lipinski definition) is 3. The van der Waals surface area contributed by atoms with Crippen LogP contribution in [0.2, 0.25) is 10.0 Å². The third-order valence-corrected chi connectivity index (χ3v) is 4.00. The number of nitrogens with zero attached hydrogens (tertiary/aromatic N) is 1. The van der Waals surface area contributed by atoms with Crippen LogP contribution in [0.3, 0.4) is 0 Å². The van der Waals surface area contributed by atoms with Gasteiger partial charge in [0.15, 0.2) is 0 Å². The average molecular weight is 365 g/mol. The van der Waals surface area contributed by atoms with Crippen molar-refractivity contribution in [3.8, 4) is 11.3 Å². The summed E-state index contributed by atoms with van der Waals surface area (Å²) in [6, 6.07) is 10.5. The molecule has 0 bridgehead atoms. The van der Waals surface area contributed by atoms with Crippen molar-refractivity contribution in [2.45, 2.75) is 6.92 Å². The van der Waals surface area contributed by atoms with Crippen LogP contribution in [0.5, 0.6) is 0 Å². The predicted molar refractivity (Wildman–Crippen MR) is 91.0 cm³/mol. The lowest BCUT2D eigenvalue weighted by Crippen LogP contribution is -2.13. The third kappa shape index (κ3) is 3.13. The van der Waals surface area contributed by atoms with Gasteiger partial charge in [0.25, 0.3) is 5.91 Å². The Bertz CT molecular complexity index is 904. The standard InChI is InChI=1S/C17H11Cl2FN2O2/c1-9-14(17(23)21-11-5-2-4-10(20)8-11)16(22-24-9)15-12(18)6-3-7-13(15)19/h2-8H,1H3,(H,21,23). The van der Waals surface area contributed by atoms with Crippen LogP contribution >= 0.6 is 23.2 Å². The highest BCUT2D eigenvalue weighted by Gasteiger charge is 2.24. The van der Waals surface area contributed by atoms with Gasteiger partial charge in [-0.15, -0.1) is 0 Å². The van der Waals surface area contributed by atoms with Gasteiger partial charge in [-0.3, -0.25) is 4.79 Å². The molecule has 1 N–H and O–H groups in total. The monoisotopic (exact) mass is 364 g/mol. The van der Waals surface area contributed by atoms with Gasteiger partial charge in [-0.25, -0.2) is 4.39 Å². The molecule has 0 fully saturated rings. The van der Waals surface area contributed by atoms with Crippen LogP contribution in [0.4, 0.5) is 10.1 Å². The number of carbonyl (C=O) groups excluding carboxylic acids is 1. The molecule has 0 atom stereocenters. The number of benzene rings is 2. The molecule has 0 saturated carbocycles. The normalized spacial score (nSPS) is 10.7. The molecule has 0 aliphatic rings. The number of halogens is 3. The molecule has 0 radical (unpaired) electrons. The summed E-state index contributed by atoms with van der Waals surface area (Å²) in [4.78, 5) is 12.6. The minimum Gasteiger partial charge on any atom is -0.360 e. The van der Waals surface area contributed by atoms with Crippen LogP contribution in [0.1, 0.15) is 16.1 Å². The van der Waals surface area contributed by atoms with E-state index in [-0.39, 0.29) is 11.3 Å². The van der Waals surface area contributed by atoms with Crippen molar-refractivity contribution in [3.63, 3.8) is 0 Å². The van der Waals surface area contributed by atoms with Crippen molar-refractivity contribution in [3.05, 3.63) is 69.7 Å². The summed E-state index contributed by atoms with van der Waals surface area (Å²) in [5.74, 6) is -0.649. The smallest absolute Gasteiger partial charge is 0.261 e. The predicted octanol–water partition coefficient (Wildman–Crippen LogP) is 5.35. The van der Waals surface area contributed by atoms with E-state index in [2.05, 4.69) is 10.5 Å². The van der Waals surface area contributed by atoms with Gasteiger partial charge in [0.1, 0.15) is 22.8 Å². The zero-order valence-electron chi connectivity index (χ0n) is 12.4. The molecule has 7 heteroatoms. The first-order chi connectivity index (χ1) is 11.5. The van der Waals surface area contributed by atoms with E-state index < -0.39 is 11.7 Å². The quantitative estimate of drug-likeness (QED) is 0.681. The lowest BCUT2D eigenvalue weighted by Gasteiger charge is -2.08. The minimum absolute atomic E-state index is 0.189. The fourth-order valence-corrected chi connectivity index (χ4v) is 2.87. The third-order valence-electron chi connectivity index (χ3n) is 3.37. The molecule has 1 heterocycles. The van der Waals surface area contributed by atoms with E-state index >= 15 is 0 Å². The van der Waals surface area contributed by atoms with Crippen molar-refractivity contribution in [2.75, 3.05) is 5.32 Å². The topological polar surface area (TPSA) is 55.1 Å². The van der Waals surface area contributed by atoms with E-state index in [1.807, 2.05) is 0 Å². The van der Waals surface area contributed by atoms with Crippen LogP contribution in [-0.4, -0.2) is 11.1 Å². The van der Waals surface area contributed by atoms with E-state index in [4.69, 9.17) is 27.7 Å². The van der Waals surface area contributed by atoms with Crippen molar-refractivity contribution < 1.29 is 13.7 Å². The molecule has 4 nitrogen and oxygen atoms in total. The second kappa shape index (κ2) is 6.63. The Morgan fingerprint density at radius 2 is 1.83 bits per heavy atom. The van der Waals surface area contributed by atoms with Gasteiger partial charge in [0, 0.05) is 11.3 Å². The maximum absolute atomic E-state index is 13.3. The molecular weight excluding hydrogens is 354 g/mol. The van der Waals surface area contributed by atoms with Crippen LogP contribution in [-0.2, 0) is 0 Å². The van der Waals surface area contributed by atoms with Crippen molar-refractivity contribution in [1.82, 2.24) is 5.16 Å². The van der Waals surface area contributed by atoms with E-state index in [9.17, 15) is 9.18 Å². The minimum atomic E-state index is -0.495. The average Bonchev–Trinajstić information content (AvgIpc) is 2.89. The number of aryl methyl sites for hydroxylation is 1. The second-order valence-electron chi connectivity index (χ2n) is 5.02. The van der Waals surface area contributed by atoms with Gasteiger partial charge in [-0.1, -0.05) is 40.5 Å². The summed E-state index contributed by atoms with van der Waals surface area (Å²) in [5.41, 5.74) is 1.14. The summed E-state index contributed by atoms with van der Waals surface area (Å²) in [5, 5.41) is 7.21. The first-order valence-corrected chi connectivity index (χ1v) is 7.70. The highest BCUT2D eigenvalue weighted by atomic mass is 35.5. The maximum Gasteiger partial charge on any atom is 0.261 e. The molecule has 1 amide bonds. The SMILES string of the molecule is Cc1onc(-c2c(Cl)cccc2Cl)c1C(=O)Nc1cccc(F)c1. The fraction of sp³-hybridized carbons (Fsp3) is 0.0588. The van der Waals surface area contributed by atoms with E-state index in [1.54, 1.807) is 31.2 Å². The molecule has 0 aliphatic carbocycles. The fourth-order valence-electron chi connectivity index (χ4n) is 2.29. The van der Waals surface area contributed by atoms with E-state index in [0.29, 0.717) is 27.1 Å². The van der Waals surface area contributed by atoms with Crippen LogP contribution in [0, 0.1) is 12.7 Å². The molecule has 2 aromatic carbocycles. The van der Waals surface area contributed by atoms with Gasteiger partial charge in [-0.05, 0) is 37.3 Å². The Kier molecular flexibility index (Phi) is 4.55. The van der Waals surface area contributed by atoms with Crippen molar-refractivity contribution >= 4 is 34.8 Å². The Labute approximate surface area is 147 Å². The van der Waals surface area contributed by atoms with Gasteiger partial charge in [-0.2, -0.15) is 0 Å². The molecule has 0 unspecified atom stereocenters. The summed E-state index contributed by atoms with van der Waals surface area (Å²) in [7, 11) is 0. The molecule has 122 valence electrons. The molecule has 0 saturated heterocycles. The first-order valence-electron chi connectivity index (χ1n) is 6.95. The molecule has 1 aromatic heterocycles. The van der Waals surface area contributed by atoms with Gasteiger partial charge >= 0.3 is 0 Å². The lowest BCUT2D eigenvalue weighted by molar-refractivity contribution is 0.102. The Morgan fingerprint density at radius 1 is 1.17 bits per heavy atom. The largest absolute Gasteiger partial charge is 0.360 e. The molecule has 0 spiro atoms. The van der Waals surface area contributed by atoms with Crippen LogP contribution < -0.4 is 5.32 Å². The Morgan fingerprint density at radius 3 is 2.50 bits per heavy atom. The number of carbonyl (C=O) groups is 1. The summed E-state index contributed by atoms with van der Waals surface area (Å²) in [6.45, 7) is 1.60. The van der Waals surface area contributed by atoms with Crippen LogP contribution in [0.25, 0.3) is 11.3 Å². The Hall–Kier alpha value is -2.37. The number of nitrogens with one attached hydrogen (secondary N) is 1. The highest BCUT2D eigenvalue weighted by Crippen LogP contribution is 2.36. The highest BCUT2D eigenvalue weighted by molar-refractivity contribution is 6.39. The molecule has 3 rings (SSSR count). The van der Waals surface area contributed by atoms with E-state index in [0.717, 1.165) is 0 Å². The maximum atomic E-state index is 13.3. The van der Waals surface area contributed by atoms with Crippen molar-refractivity contribution in [2.24, 2.45) is 0 Å². The number of amides is 1. The number of anilines is 1. The molecular formula is C17H11Cl2FN2O2. The van der Waals surface area contributed by atoms with Gasteiger partial charge in [0.05, 0.1) is 10.0 Å². The lowest BCUT2D eigenvalue weighted by atomic mass is 10.1. The number of hydrogen-bond donors (Lipinski definition) is 1. The Balaban J connectivity index is 2.03. The molecule has 3 aromatic rings. The molecule has 0 aliphatic heterocycles. The molecule has 24 heavy (non-hydrogen) atoms. The number of rotatable bonds is 3. The van der Waals surface area contributed by atoms with Gasteiger partial charge in [0.2, 0.25) is 0 Å². The zero-order chi connectivity index (χ0) is 17.3. The van der Waals surface area contributed by atoms with Crippen LogP contribution in [0.15, 0.2) is 47.0 Å². The van der Waals surface area contributed by atoms with Gasteiger partial charge < -0.3 is 9.84 Å². The summed E-state index contributed by atoms with van der Waals surface area (Å²) < 4.78 is 18.4. The summed E-state index contributed by atoms with van der Waals surface area (Å²) >= 11 is 12.4. The second-order valence-corrected chi connectivity index (χ2v) is 5.84. The van der Waals surface area contributed by atoms with Crippen molar-refractivity contribution in [1.29, 1.82) is 0 Å². The van der Waals surface area contributed by atoms with E-state index in [1.165, 1.54) is 18.2 Å². The first kappa shape index (κ1) is 16.5. The summed E-state index contributed by atoms with van der Waals surface area (Å²) in [6.07, 6.45) is 0. The number of aromatic nitrogens is 1. The zero-order valence-corrected chi connectivity index (χ0v) is 14.0.